The minimum absolute atomic E-state index is 0.00235. The number of non-ortho nitro benzene ring substituents is 1. The third-order valence-corrected chi connectivity index (χ3v) is 8.46. The van der Waals surface area contributed by atoms with Crippen molar-refractivity contribution in [2.75, 3.05) is 6.61 Å². The number of nitro groups is 1. The zero-order chi connectivity index (χ0) is 32.6. The molecule has 44 heavy (non-hydrogen) atoms. The predicted octanol–water partition coefficient (Wildman–Crippen LogP) is 4.35. The molecule has 0 aliphatic carbocycles. The molecule has 0 amide bonds. The standard InChI is InChI=1S/C28H28ClN5O8S2/c1-6-41-18-12-15(11-17(29)22(18)42-13-14-8-7-9-16(10-14)34(39)40)19(20-23(35)30(2)27(43)31(3)24(20)36)21-25(37)32(4)28(44)33(5)26(21)38/h7-12,19,35,37H,6,13H2,1-5H3. The predicted molar refractivity (Wildman–Crippen MR) is 167 cm³/mol. The summed E-state index contributed by atoms with van der Waals surface area (Å²) in [5, 5.41) is 33.7. The number of nitro benzene ring substituents is 1. The highest BCUT2D eigenvalue weighted by atomic mass is 35.5. The van der Waals surface area contributed by atoms with Crippen LogP contribution in [0.25, 0.3) is 0 Å². The first kappa shape index (κ1) is 32.4. The first-order valence-electron chi connectivity index (χ1n) is 13.0. The molecule has 16 heteroatoms. The second kappa shape index (κ2) is 12.6. The van der Waals surface area contributed by atoms with Crippen LogP contribution in [0.5, 0.6) is 23.3 Å². The van der Waals surface area contributed by atoms with Crippen molar-refractivity contribution in [2.24, 2.45) is 28.2 Å². The molecule has 2 heterocycles. The summed E-state index contributed by atoms with van der Waals surface area (Å²) in [5.74, 6) is -2.25. The van der Waals surface area contributed by atoms with Crippen molar-refractivity contribution in [3.05, 3.63) is 104 Å². The molecule has 0 unspecified atom stereocenters. The van der Waals surface area contributed by atoms with Gasteiger partial charge in [-0.3, -0.25) is 38.0 Å². The van der Waals surface area contributed by atoms with E-state index in [1.54, 1.807) is 13.0 Å². The maximum absolute atomic E-state index is 13.7. The number of ether oxygens (including phenoxy) is 2. The lowest BCUT2D eigenvalue weighted by Gasteiger charge is -2.24. The van der Waals surface area contributed by atoms with Gasteiger partial charge in [-0.1, -0.05) is 23.7 Å². The number of hydrogen-bond acceptors (Lipinski definition) is 10. The molecule has 0 saturated heterocycles. The first-order chi connectivity index (χ1) is 20.7. The monoisotopic (exact) mass is 661 g/mol. The van der Waals surface area contributed by atoms with E-state index in [1.165, 1.54) is 67.7 Å². The maximum atomic E-state index is 13.7. The van der Waals surface area contributed by atoms with Crippen LogP contribution < -0.4 is 20.6 Å². The van der Waals surface area contributed by atoms with Gasteiger partial charge in [0.15, 0.2) is 21.0 Å². The summed E-state index contributed by atoms with van der Waals surface area (Å²) >= 11 is 17.3. The Balaban J connectivity index is 2.01. The van der Waals surface area contributed by atoms with Gasteiger partial charge in [0.05, 0.1) is 33.6 Å². The molecular formula is C28H28ClN5O8S2. The number of hydrogen-bond donors (Lipinski definition) is 2. The summed E-state index contributed by atoms with van der Waals surface area (Å²) in [7, 11) is 5.73. The largest absolute Gasteiger partial charge is 0.494 e. The lowest BCUT2D eigenvalue weighted by atomic mass is 9.86. The molecule has 4 rings (SSSR count). The van der Waals surface area contributed by atoms with Gasteiger partial charge < -0.3 is 19.7 Å². The number of halogens is 1. The highest BCUT2D eigenvalue weighted by molar-refractivity contribution is 7.71. The molecule has 0 spiro atoms. The molecule has 0 aliphatic rings. The molecule has 0 radical (unpaired) electrons. The Labute approximate surface area is 265 Å². The van der Waals surface area contributed by atoms with E-state index in [4.69, 9.17) is 45.5 Å². The van der Waals surface area contributed by atoms with E-state index in [0.29, 0.717) is 5.56 Å². The molecule has 0 bridgehead atoms. The molecule has 0 atom stereocenters. The van der Waals surface area contributed by atoms with E-state index in [-0.39, 0.29) is 61.7 Å². The summed E-state index contributed by atoms with van der Waals surface area (Å²) in [4.78, 5) is 38.0. The van der Waals surface area contributed by atoms with Crippen molar-refractivity contribution in [1.29, 1.82) is 0 Å². The minimum Gasteiger partial charge on any atom is -0.494 e. The van der Waals surface area contributed by atoms with Crippen molar-refractivity contribution in [3.63, 3.8) is 0 Å². The van der Waals surface area contributed by atoms with Crippen LogP contribution in [0.1, 0.15) is 35.1 Å². The van der Waals surface area contributed by atoms with Gasteiger partial charge in [0.1, 0.15) is 6.61 Å². The molecular weight excluding hydrogens is 634 g/mol. The molecule has 2 N–H and O–H groups in total. The van der Waals surface area contributed by atoms with Crippen LogP contribution >= 0.6 is 36.0 Å². The van der Waals surface area contributed by atoms with Crippen molar-refractivity contribution in [1.82, 2.24) is 18.3 Å². The van der Waals surface area contributed by atoms with Crippen LogP contribution in [0.15, 0.2) is 46.0 Å². The Morgan fingerprint density at radius 1 is 0.909 bits per heavy atom. The number of aromatic hydroxyl groups is 2. The minimum atomic E-state index is -1.39. The van der Waals surface area contributed by atoms with Gasteiger partial charge >= 0.3 is 0 Å². The van der Waals surface area contributed by atoms with Crippen molar-refractivity contribution >= 4 is 41.7 Å². The van der Waals surface area contributed by atoms with Crippen molar-refractivity contribution < 1.29 is 24.6 Å². The fourth-order valence-corrected chi connectivity index (χ4v) is 5.39. The average molecular weight is 662 g/mol. The highest BCUT2D eigenvalue weighted by Crippen LogP contribution is 2.44. The van der Waals surface area contributed by atoms with Crippen LogP contribution in [-0.4, -0.2) is 40.0 Å². The van der Waals surface area contributed by atoms with E-state index in [2.05, 4.69) is 0 Å². The van der Waals surface area contributed by atoms with E-state index in [9.17, 15) is 29.9 Å². The van der Waals surface area contributed by atoms with Gasteiger partial charge in [0, 0.05) is 40.3 Å². The van der Waals surface area contributed by atoms with Gasteiger partial charge in [-0.25, -0.2) is 0 Å². The van der Waals surface area contributed by atoms with Crippen LogP contribution in [0, 0.1) is 19.7 Å². The maximum Gasteiger partial charge on any atom is 0.269 e. The zero-order valence-electron chi connectivity index (χ0n) is 24.2. The summed E-state index contributed by atoms with van der Waals surface area (Å²) < 4.78 is 16.4. The van der Waals surface area contributed by atoms with Crippen LogP contribution in [0.3, 0.4) is 0 Å². The van der Waals surface area contributed by atoms with Gasteiger partial charge in [-0.15, -0.1) is 0 Å². The van der Waals surface area contributed by atoms with Crippen molar-refractivity contribution in [3.8, 4) is 23.3 Å². The summed E-state index contributed by atoms with van der Waals surface area (Å²) in [6, 6.07) is 8.78. The zero-order valence-corrected chi connectivity index (χ0v) is 26.6. The molecule has 232 valence electrons. The molecule has 2 aromatic carbocycles. The van der Waals surface area contributed by atoms with Crippen LogP contribution in [0.4, 0.5) is 5.69 Å². The first-order valence-corrected chi connectivity index (χ1v) is 14.2. The lowest BCUT2D eigenvalue weighted by molar-refractivity contribution is -0.384. The summed E-state index contributed by atoms with van der Waals surface area (Å²) in [6.45, 7) is 1.78. The SMILES string of the molecule is CCOc1cc(C(c2c(O)n(C)c(=S)n(C)c2=O)c2c(O)n(C)c(=S)n(C)c2=O)cc(Cl)c1OCc1cccc([N+](=O)[O-])c1. The third kappa shape index (κ3) is 5.73. The molecule has 0 aliphatic heterocycles. The molecule has 13 nitrogen and oxygen atoms in total. The number of aromatic nitrogens is 4. The second-order valence-corrected chi connectivity index (χ2v) is 10.9. The topological polar surface area (TPSA) is 156 Å². The van der Waals surface area contributed by atoms with E-state index < -0.39 is 33.7 Å². The van der Waals surface area contributed by atoms with E-state index in [0.717, 1.165) is 9.13 Å². The summed E-state index contributed by atoms with van der Waals surface area (Å²) in [5.41, 5.74) is -1.40. The number of rotatable bonds is 9. The Morgan fingerprint density at radius 3 is 1.95 bits per heavy atom. The molecule has 0 saturated carbocycles. The van der Waals surface area contributed by atoms with Gasteiger partial charge in [-0.05, 0) is 54.6 Å². The molecule has 0 fully saturated rings. The highest BCUT2D eigenvalue weighted by Gasteiger charge is 2.34. The van der Waals surface area contributed by atoms with Gasteiger partial charge in [-0.2, -0.15) is 0 Å². The molecule has 4 aromatic rings. The Bertz CT molecular complexity index is 1960. The number of nitrogens with zero attached hydrogens (tertiary/aromatic N) is 5. The Hall–Kier alpha value is -4.47. The molecule has 2 aromatic heterocycles. The lowest BCUT2D eigenvalue weighted by Crippen LogP contribution is -2.33. The summed E-state index contributed by atoms with van der Waals surface area (Å²) in [6.07, 6.45) is 0. The normalized spacial score (nSPS) is 11.2. The van der Waals surface area contributed by atoms with Crippen molar-refractivity contribution in [2.45, 2.75) is 19.4 Å². The average Bonchev–Trinajstić information content (AvgIpc) is 3.00. The smallest absolute Gasteiger partial charge is 0.269 e. The van der Waals surface area contributed by atoms with E-state index in [1.807, 2.05) is 0 Å². The van der Waals surface area contributed by atoms with E-state index >= 15 is 0 Å². The number of benzene rings is 2. The fraction of sp³-hybridized carbons (Fsp3) is 0.286. The Morgan fingerprint density at radius 2 is 1.45 bits per heavy atom. The van der Waals surface area contributed by atoms with Crippen LogP contribution in [-0.2, 0) is 34.8 Å². The van der Waals surface area contributed by atoms with Gasteiger partial charge in [0.25, 0.3) is 16.8 Å². The third-order valence-electron chi connectivity index (χ3n) is 7.08. The Kier molecular flexibility index (Phi) is 9.32. The second-order valence-electron chi connectivity index (χ2n) is 9.80. The van der Waals surface area contributed by atoms with Gasteiger partial charge in [0.2, 0.25) is 11.8 Å². The van der Waals surface area contributed by atoms with Crippen LogP contribution in [0.2, 0.25) is 5.02 Å². The fourth-order valence-electron chi connectivity index (χ4n) is 4.77. The quantitative estimate of drug-likeness (QED) is 0.150.